The molecule has 6 heteroatoms. The molecule has 0 bridgehead atoms. The Morgan fingerprint density at radius 2 is 2.30 bits per heavy atom. The van der Waals surface area contributed by atoms with Crippen LogP contribution in [0.5, 0.6) is 0 Å². The maximum absolute atomic E-state index is 11.8. The minimum absolute atomic E-state index is 0.0345. The van der Waals surface area contributed by atoms with E-state index in [1.807, 2.05) is 6.92 Å². The summed E-state index contributed by atoms with van der Waals surface area (Å²) in [6.07, 6.45) is 0.789. The number of aliphatic imine (C=N–C) groups is 1. The van der Waals surface area contributed by atoms with Gasteiger partial charge >= 0.3 is 5.97 Å². The summed E-state index contributed by atoms with van der Waals surface area (Å²) in [7, 11) is 1.69. The summed E-state index contributed by atoms with van der Waals surface area (Å²) < 4.78 is 5.08. The van der Waals surface area contributed by atoms with E-state index in [4.69, 9.17) is 4.74 Å². The van der Waals surface area contributed by atoms with Gasteiger partial charge in [-0.05, 0) is 24.6 Å². The highest BCUT2D eigenvalue weighted by molar-refractivity contribution is 8.15. The zero-order valence-corrected chi connectivity index (χ0v) is 12.3. The smallest absolute Gasteiger partial charge is 0.338 e. The van der Waals surface area contributed by atoms with E-state index in [9.17, 15) is 9.59 Å². The number of carbonyl (C=O) groups excluding carboxylic acids is 2. The van der Waals surface area contributed by atoms with Crippen molar-refractivity contribution >= 4 is 34.5 Å². The largest absolute Gasteiger partial charge is 0.462 e. The average Bonchev–Trinajstić information content (AvgIpc) is 2.77. The first-order valence-corrected chi connectivity index (χ1v) is 7.35. The molecule has 1 heterocycles. The lowest BCUT2D eigenvalue weighted by molar-refractivity contribution is -0.123. The lowest BCUT2D eigenvalue weighted by atomic mass is 10.2. The third kappa shape index (κ3) is 3.39. The second-order valence-corrected chi connectivity index (χ2v) is 5.26. The molecule has 0 radical (unpaired) electrons. The molecule has 106 valence electrons. The van der Waals surface area contributed by atoms with Crippen LogP contribution in [0.1, 0.15) is 23.7 Å². The number of esters is 1. The molecule has 0 aliphatic carbocycles. The molecular formula is C14H16N2O3S. The van der Waals surface area contributed by atoms with Crippen LogP contribution in [0, 0.1) is 0 Å². The number of carbonyl (C=O) groups is 2. The summed E-state index contributed by atoms with van der Waals surface area (Å²) in [5.41, 5.74) is 1.11. The molecule has 20 heavy (non-hydrogen) atoms. The lowest BCUT2D eigenvalue weighted by Gasteiger charge is -2.08. The molecule has 0 unspecified atom stereocenters. The van der Waals surface area contributed by atoms with Crippen LogP contribution < -0.4 is 0 Å². The standard InChI is InChI=1S/C14H16N2O3S/c1-3-7-19-13(18)10-5-4-6-11(8-10)15-14-16(2)12(17)9-20-14/h4-6,8H,3,7,9H2,1-2H3. The summed E-state index contributed by atoms with van der Waals surface area (Å²) in [4.78, 5) is 29.1. The van der Waals surface area contributed by atoms with E-state index in [1.165, 1.54) is 16.7 Å². The third-order valence-electron chi connectivity index (χ3n) is 2.73. The van der Waals surface area contributed by atoms with Crippen molar-refractivity contribution in [3.05, 3.63) is 29.8 Å². The number of hydrogen-bond acceptors (Lipinski definition) is 5. The summed E-state index contributed by atoms with van der Waals surface area (Å²) in [5, 5.41) is 0.647. The Labute approximate surface area is 122 Å². The third-order valence-corrected chi connectivity index (χ3v) is 3.74. The average molecular weight is 292 g/mol. The number of amidine groups is 1. The monoisotopic (exact) mass is 292 g/mol. The number of rotatable bonds is 4. The van der Waals surface area contributed by atoms with Gasteiger partial charge < -0.3 is 4.74 Å². The van der Waals surface area contributed by atoms with E-state index >= 15 is 0 Å². The molecule has 0 aromatic heterocycles. The predicted molar refractivity (Wildman–Crippen MR) is 79.3 cm³/mol. The fourth-order valence-corrected chi connectivity index (χ4v) is 2.54. The Hall–Kier alpha value is -1.82. The number of amides is 1. The van der Waals surface area contributed by atoms with Crippen molar-refractivity contribution in [2.75, 3.05) is 19.4 Å². The molecule has 0 saturated carbocycles. The van der Waals surface area contributed by atoms with Gasteiger partial charge in [0.1, 0.15) is 0 Å². The Kier molecular flexibility index (Phi) is 4.79. The summed E-state index contributed by atoms with van der Waals surface area (Å²) in [6, 6.07) is 6.91. The minimum Gasteiger partial charge on any atom is -0.462 e. The fourth-order valence-electron chi connectivity index (χ4n) is 1.62. The molecule has 0 atom stereocenters. The molecule has 1 aliphatic heterocycles. The first-order valence-electron chi connectivity index (χ1n) is 6.37. The van der Waals surface area contributed by atoms with Crippen LogP contribution >= 0.6 is 11.8 Å². The van der Waals surface area contributed by atoms with E-state index < -0.39 is 0 Å². The van der Waals surface area contributed by atoms with Crippen molar-refractivity contribution in [1.29, 1.82) is 0 Å². The van der Waals surface area contributed by atoms with Gasteiger partial charge in [0.15, 0.2) is 5.17 Å². The van der Waals surface area contributed by atoms with E-state index in [1.54, 1.807) is 31.3 Å². The number of ether oxygens (including phenoxy) is 1. The van der Waals surface area contributed by atoms with E-state index in [0.717, 1.165) is 6.42 Å². The van der Waals surface area contributed by atoms with Crippen LogP contribution in [0.4, 0.5) is 5.69 Å². The maximum Gasteiger partial charge on any atom is 0.338 e. The van der Waals surface area contributed by atoms with Crippen LogP contribution in [0.3, 0.4) is 0 Å². The maximum atomic E-state index is 11.8. The Balaban J connectivity index is 2.16. The molecule has 5 nitrogen and oxygen atoms in total. The first kappa shape index (κ1) is 14.6. The topological polar surface area (TPSA) is 59.0 Å². The Bertz CT molecular complexity index is 557. The second-order valence-electron chi connectivity index (χ2n) is 4.32. The molecular weight excluding hydrogens is 276 g/mol. The van der Waals surface area contributed by atoms with Gasteiger partial charge in [-0.3, -0.25) is 9.69 Å². The van der Waals surface area contributed by atoms with Crippen molar-refractivity contribution in [3.63, 3.8) is 0 Å². The first-order chi connectivity index (χ1) is 9.61. The molecule has 1 aromatic carbocycles. The molecule has 0 spiro atoms. The molecule has 1 saturated heterocycles. The van der Waals surface area contributed by atoms with Crippen LogP contribution in [-0.4, -0.2) is 41.4 Å². The Morgan fingerprint density at radius 1 is 1.50 bits per heavy atom. The molecule has 0 N–H and O–H groups in total. The quantitative estimate of drug-likeness (QED) is 0.800. The van der Waals surface area contributed by atoms with Crippen molar-refractivity contribution in [3.8, 4) is 0 Å². The van der Waals surface area contributed by atoms with Crippen LogP contribution in [0.25, 0.3) is 0 Å². The van der Waals surface area contributed by atoms with Crippen molar-refractivity contribution in [1.82, 2.24) is 4.90 Å². The van der Waals surface area contributed by atoms with Crippen LogP contribution in [0.2, 0.25) is 0 Å². The van der Waals surface area contributed by atoms with E-state index in [2.05, 4.69) is 4.99 Å². The highest BCUT2D eigenvalue weighted by Gasteiger charge is 2.24. The van der Waals surface area contributed by atoms with Crippen LogP contribution in [0.15, 0.2) is 29.3 Å². The number of benzene rings is 1. The van der Waals surface area contributed by atoms with Crippen molar-refractivity contribution in [2.45, 2.75) is 13.3 Å². The van der Waals surface area contributed by atoms with E-state index in [-0.39, 0.29) is 11.9 Å². The van der Waals surface area contributed by atoms with Gasteiger partial charge in [-0.2, -0.15) is 0 Å². The van der Waals surface area contributed by atoms with Gasteiger partial charge in [-0.25, -0.2) is 9.79 Å². The molecule has 1 aromatic rings. The lowest BCUT2D eigenvalue weighted by Crippen LogP contribution is -2.24. The number of hydrogen-bond donors (Lipinski definition) is 0. The molecule has 1 amide bonds. The van der Waals surface area contributed by atoms with Gasteiger partial charge in [0, 0.05) is 7.05 Å². The van der Waals surface area contributed by atoms with Gasteiger partial charge in [0.2, 0.25) is 5.91 Å². The van der Waals surface area contributed by atoms with Crippen molar-refractivity contribution in [2.24, 2.45) is 4.99 Å². The van der Waals surface area contributed by atoms with Crippen LogP contribution in [-0.2, 0) is 9.53 Å². The highest BCUT2D eigenvalue weighted by Crippen LogP contribution is 2.23. The van der Waals surface area contributed by atoms with Gasteiger partial charge in [-0.15, -0.1) is 0 Å². The number of nitrogens with zero attached hydrogens (tertiary/aromatic N) is 2. The number of thioether (sulfide) groups is 1. The fraction of sp³-hybridized carbons (Fsp3) is 0.357. The predicted octanol–water partition coefficient (Wildman–Crippen LogP) is 2.45. The SMILES string of the molecule is CCCOC(=O)c1cccc(N=C2SCC(=O)N2C)c1. The highest BCUT2D eigenvalue weighted by atomic mass is 32.2. The van der Waals surface area contributed by atoms with E-state index in [0.29, 0.717) is 28.8 Å². The molecule has 1 fully saturated rings. The molecule has 1 aliphatic rings. The second kappa shape index (κ2) is 6.56. The van der Waals surface area contributed by atoms with Crippen molar-refractivity contribution < 1.29 is 14.3 Å². The summed E-state index contributed by atoms with van der Waals surface area (Å²) in [5.74, 6) is 0.0952. The van der Waals surface area contributed by atoms with Gasteiger partial charge in [0.25, 0.3) is 0 Å². The zero-order valence-electron chi connectivity index (χ0n) is 11.5. The minimum atomic E-state index is -0.350. The normalized spacial score (nSPS) is 16.8. The van der Waals surface area contributed by atoms with Gasteiger partial charge in [-0.1, -0.05) is 24.8 Å². The van der Waals surface area contributed by atoms with Gasteiger partial charge in [0.05, 0.1) is 23.6 Å². The Morgan fingerprint density at radius 3 is 2.95 bits per heavy atom. The summed E-state index contributed by atoms with van der Waals surface area (Å²) in [6.45, 7) is 2.35. The molecule has 2 rings (SSSR count). The zero-order chi connectivity index (χ0) is 14.5. The summed E-state index contributed by atoms with van der Waals surface area (Å²) >= 11 is 1.39.